The molecular formula is C13H12N2O4S. The molecule has 2 aromatic heterocycles. The Labute approximate surface area is 118 Å². The Balaban J connectivity index is 1.73. The van der Waals surface area contributed by atoms with E-state index in [2.05, 4.69) is 9.97 Å². The van der Waals surface area contributed by atoms with Crippen molar-refractivity contribution in [1.82, 2.24) is 9.97 Å². The van der Waals surface area contributed by atoms with E-state index in [1.54, 1.807) is 6.07 Å². The number of hydrogen-bond acceptors (Lipinski definition) is 5. The highest BCUT2D eigenvalue weighted by Crippen LogP contribution is 2.23. The molecule has 0 fully saturated rings. The maximum Gasteiger partial charge on any atom is 0.371 e. The Bertz CT molecular complexity index is 719. The summed E-state index contributed by atoms with van der Waals surface area (Å²) in [6, 6.07) is 3.03. The molecule has 104 valence electrons. The summed E-state index contributed by atoms with van der Waals surface area (Å²) in [5.74, 6) is -0.216. The SMILES string of the molecule is O=C(O)c1ccc(CSc2nc3c(c(=O)[nH]2)CCC3)o1. The molecule has 20 heavy (non-hydrogen) atoms. The van der Waals surface area contributed by atoms with Crippen molar-refractivity contribution < 1.29 is 14.3 Å². The number of furan rings is 1. The highest BCUT2D eigenvalue weighted by Gasteiger charge is 2.17. The largest absolute Gasteiger partial charge is 0.475 e. The lowest BCUT2D eigenvalue weighted by Crippen LogP contribution is -2.14. The predicted octanol–water partition coefficient (Wildman–Crippen LogP) is 1.84. The zero-order chi connectivity index (χ0) is 14.1. The molecule has 0 spiro atoms. The number of carboxylic acids is 1. The third-order valence-corrected chi connectivity index (χ3v) is 4.04. The molecule has 0 aromatic carbocycles. The lowest BCUT2D eigenvalue weighted by atomic mass is 10.3. The van der Waals surface area contributed by atoms with Crippen LogP contribution in [0.1, 0.15) is 34.0 Å². The van der Waals surface area contributed by atoms with Gasteiger partial charge >= 0.3 is 5.97 Å². The van der Waals surface area contributed by atoms with E-state index in [1.165, 1.54) is 17.8 Å². The molecule has 0 saturated carbocycles. The van der Waals surface area contributed by atoms with Crippen LogP contribution in [0.5, 0.6) is 0 Å². The monoisotopic (exact) mass is 292 g/mol. The maximum absolute atomic E-state index is 11.8. The maximum atomic E-state index is 11.8. The van der Waals surface area contributed by atoms with Crippen LogP contribution < -0.4 is 5.56 Å². The van der Waals surface area contributed by atoms with Crippen LogP contribution in [0, 0.1) is 0 Å². The van der Waals surface area contributed by atoms with Gasteiger partial charge in [0, 0.05) is 5.56 Å². The normalized spacial score (nSPS) is 13.4. The summed E-state index contributed by atoms with van der Waals surface area (Å²) in [6.45, 7) is 0. The molecule has 7 heteroatoms. The van der Waals surface area contributed by atoms with E-state index < -0.39 is 5.97 Å². The van der Waals surface area contributed by atoms with Crippen LogP contribution in [-0.2, 0) is 18.6 Å². The van der Waals surface area contributed by atoms with Crippen molar-refractivity contribution >= 4 is 17.7 Å². The summed E-state index contributed by atoms with van der Waals surface area (Å²) in [6.07, 6.45) is 2.61. The van der Waals surface area contributed by atoms with Crippen molar-refractivity contribution in [2.75, 3.05) is 0 Å². The Morgan fingerprint density at radius 1 is 1.45 bits per heavy atom. The summed E-state index contributed by atoms with van der Waals surface area (Å²) in [5, 5.41) is 9.31. The number of H-pyrrole nitrogens is 1. The number of aryl methyl sites for hydroxylation is 1. The Morgan fingerprint density at radius 3 is 3.05 bits per heavy atom. The van der Waals surface area contributed by atoms with Gasteiger partial charge in [0.25, 0.3) is 5.56 Å². The predicted molar refractivity (Wildman–Crippen MR) is 72.1 cm³/mol. The van der Waals surface area contributed by atoms with Gasteiger partial charge in [-0.15, -0.1) is 0 Å². The lowest BCUT2D eigenvalue weighted by molar-refractivity contribution is 0.0661. The van der Waals surface area contributed by atoms with Crippen LogP contribution in [0.15, 0.2) is 26.5 Å². The van der Waals surface area contributed by atoms with Gasteiger partial charge in [-0.3, -0.25) is 4.79 Å². The number of nitrogens with one attached hydrogen (secondary N) is 1. The smallest absolute Gasteiger partial charge is 0.371 e. The standard InChI is InChI=1S/C13H12N2O4S/c16-11-8-2-1-3-9(8)14-13(15-11)20-6-7-4-5-10(19-7)12(17)18/h4-5H,1-3,6H2,(H,17,18)(H,14,15,16). The first-order valence-electron chi connectivity index (χ1n) is 6.20. The van der Waals surface area contributed by atoms with Crippen molar-refractivity contribution in [3.05, 3.63) is 45.3 Å². The summed E-state index contributed by atoms with van der Waals surface area (Å²) in [5.41, 5.74) is 1.60. The number of carboxylic acid groups (broad SMARTS) is 1. The van der Waals surface area contributed by atoms with Gasteiger partial charge in [-0.05, 0) is 31.4 Å². The summed E-state index contributed by atoms with van der Waals surface area (Å²) in [7, 11) is 0. The van der Waals surface area contributed by atoms with Crippen LogP contribution in [0.2, 0.25) is 0 Å². The number of aromatic amines is 1. The second kappa shape index (κ2) is 5.16. The summed E-state index contributed by atoms with van der Waals surface area (Å²) in [4.78, 5) is 29.7. The van der Waals surface area contributed by atoms with Gasteiger partial charge in [-0.2, -0.15) is 0 Å². The summed E-state index contributed by atoms with van der Waals surface area (Å²) < 4.78 is 5.15. The van der Waals surface area contributed by atoms with E-state index in [4.69, 9.17) is 9.52 Å². The molecule has 1 aliphatic rings. The second-order valence-corrected chi connectivity index (χ2v) is 5.47. The van der Waals surface area contributed by atoms with Crippen LogP contribution in [0.4, 0.5) is 0 Å². The van der Waals surface area contributed by atoms with Gasteiger partial charge in [0.2, 0.25) is 5.76 Å². The van der Waals surface area contributed by atoms with Crippen LogP contribution in [-0.4, -0.2) is 21.0 Å². The lowest BCUT2D eigenvalue weighted by Gasteiger charge is -2.02. The Hall–Kier alpha value is -2.02. The zero-order valence-electron chi connectivity index (χ0n) is 10.5. The van der Waals surface area contributed by atoms with Crippen molar-refractivity contribution in [2.24, 2.45) is 0 Å². The number of hydrogen-bond donors (Lipinski definition) is 2. The summed E-state index contributed by atoms with van der Waals surface area (Å²) >= 11 is 1.33. The average Bonchev–Trinajstić information content (AvgIpc) is 3.05. The van der Waals surface area contributed by atoms with E-state index in [0.717, 1.165) is 30.5 Å². The number of fused-ring (bicyclic) bond motifs is 1. The van der Waals surface area contributed by atoms with Crippen molar-refractivity contribution in [1.29, 1.82) is 0 Å². The second-order valence-electron chi connectivity index (χ2n) is 4.51. The quantitative estimate of drug-likeness (QED) is 0.659. The topological polar surface area (TPSA) is 96.2 Å². The van der Waals surface area contributed by atoms with Crippen molar-refractivity contribution in [3.63, 3.8) is 0 Å². The third-order valence-electron chi connectivity index (χ3n) is 3.14. The van der Waals surface area contributed by atoms with Gasteiger partial charge in [-0.25, -0.2) is 9.78 Å². The highest BCUT2D eigenvalue weighted by atomic mass is 32.2. The third kappa shape index (κ3) is 2.49. The molecule has 0 amide bonds. The van der Waals surface area contributed by atoms with E-state index in [9.17, 15) is 9.59 Å². The molecule has 6 nitrogen and oxygen atoms in total. The minimum Gasteiger partial charge on any atom is -0.475 e. The van der Waals surface area contributed by atoms with Crippen molar-refractivity contribution in [2.45, 2.75) is 30.2 Å². The van der Waals surface area contributed by atoms with Gasteiger partial charge in [0.1, 0.15) is 5.76 Å². The Kier molecular flexibility index (Phi) is 3.35. The van der Waals surface area contributed by atoms with E-state index in [1.807, 2.05) is 0 Å². The number of thioether (sulfide) groups is 1. The fourth-order valence-corrected chi connectivity index (χ4v) is 2.97. The number of rotatable bonds is 4. The fourth-order valence-electron chi connectivity index (χ4n) is 2.20. The fraction of sp³-hybridized carbons (Fsp3) is 0.308. The first kappa shape index (κ1) is 13.0. The molecule has 2 heterocycles. The van der Waals surface area contributed by atoms with E-state index >= 15 is 0 Å². The molecule has 0 radical (unpaired) electrons. The first-order chi connectivity index (χ1) is 9.63. The van der Waals surface area contributed by atoms with E-state index in [0.29, 0.717) is 16.7 Å². The highest BCUT2D eigenvalue weighted by molar-refractivity contribution is 7.98. The molecule has 3 rings (SSSR count). The number of nitrogens with zero attached hydrogens (tertiary/aromatic N) is 1. The van der Waals surface area contributed by atoms with Crippen molar-refractivity contribution in [3.8, 4) is 0 Å². The molecule has 0 unspecified atom stereocenters. The van der Waals surface area contributed by atoms with Gasteiger partial charge in [0.15, 0.2) is 5.16 Å². The Morgan fingerprint density at radius 2 is 2.30 bits per heavy atom. The van der Waals surface area contributed by atoms with Gasteiger partial charge in [-0.1, -0.05) is 11.8 Å². The molecule has 1 aliphatic carbocycles. The molecule has 2 N–H and O–H groups in total. The average molecular weight is 292 g/mol. The molecule has 0 saturated heterocycles. The molecule has 2 aromatic rings. The van der Waals surface area contributed by atoms with E-state index in [-0.39, 0.29) is 11.3 Å². The molecule has 0 atom stereocenters. The first-order valence-corrected chi connectivity index (χ1v) is 7.19. The molecular weight excluding hydrogens is 280 g/mol. The minimum absolute atomic E-state index is 0.0688. The molecule has 0 aliphatic heterocycles. The van der Waals surface area contributed by atoms with Crippen LogP contribution in [0.3, 0.4) is 0 Å². The number of carbonyl (C=O) groups is 1. The van der Waals surface area contributed by atoms with Gasteiger partial charge in [0.05, 0.1) is 11.4 Å². The van der Waals surface area contributed by atoms with Crippen LogP contribution >= 0.6 is 11.8 Å². The molecule has 0 bridgehead atoms. The minimum atomic E-state index is -1.09. The zero-order valence-corrected chi connectivity index (χ0v) is 11.3. The number of aromatic nitrogens is 2. The van der Waals surface area contributed by atoms with Crippen LogP contribution in [0.25, 0.3) is 0 Å². The van der Waals surface area contributed by atoms with Gasteiger partial charge < -0.3 is 14.5 Å². The number of aromatic carboxylic acids is 1.